The number of hydrogen-bond donors (Lipinski definition) is 0. The molecule has 3 heterocycles. The van der Waals surface area contributed by atoms with Gasteiger partial charge < -0.3 is 9.09 Å². The predicted octanol–water partition coefficient (Wildman–Crippen LogP) is 2.72. The van der Waals surface area contributed by atoms with Crippen LogP contribution >= 0.6 is 11.6 Å². The Labute approximate surface area is 121 Å². The van der Waals surface area contributed by atoms with Crippen molar-refractivity contribution in [3.05, 3.63) is 29.0 Å². The minimum absolute atomic E-state index is 0.185. The lowest BCUT2D eigenvalue weighted by molar-refractivity contribution is 0.388. The summed E-state index contributed by atoms with van der Waals surface area (Å²) in [6.45, 7) is 6.30. The van der Waals surface area contributed by atoms with Crippen LogP contribution in [0.2, 0.25) is 0 Å². The molecule has 106 valence electrons. The predicted molar refractivity (Wildman–Crippen MR) is 75.8 cm³/mol. The van der Waals surface area contributed by atoms with Gasteiger partial charge in [0, 0.05) is 13.1 Å². The Hall–Kier alpha value is -1.82. The minimum atomic E-state index is -0.185. The van der Waals surface area contributed by atoms with Crippen LogP contribution in [-0.2, 0) is 13.6 Å². The molecule has 0 saturated heterocycles. The molecule has 0 saturated carbocycles. The van der Waals surface area contributed by atoms with Crippen LogP contribution in [0.15, 0.2) is 10.6 Å². The number of fused-ring (bicyclic) bond motifs is 1. The van der Waals surface area contributed by atoms with E-state index in [9.17, 15) is 0 Å². The number of nitrogens with zero attached hydrogens (tertiary/aromatic N) is 5. The molecular formula is C13H16ClN5O. The number of alkyl halides is 1. The fraction of sp³-hybridized carbons (Fsp3) is 0.462. The molecule has 1 unspecified atom stereocenters. The Morgan fingerprint density at radius 2 is 2.15 bits per heavy atom. The SMILES string of the molecule is Cc1cc(Cn2c(C(C)Cl)nc3c(C)nn(C)c32)no1. The lowest BCUT2D eigenvalue weighted by Crippen LogP contribution is -2.09. The molecular weight excluding hydrogens is 278 g/mol. The smallest absolute Gasteiger partial charge is 0.159 e. The molecule has 0 fully saturated rings. The van der Waals surface area contributed by atoms with Gasteiger partial charge in [0.2, 0.25) is 0 Å². The maximum atomic E-state index is 6.26. The highest BCUT2D eigenvalue weighted by Crippen LogP contribution is 2.26. The number of aryl methyl sites for hydroxylation is 3. The van der Waals surface area contributed by atoms with Gasteiger partial charge in [0.05, 0.1) is 17.6 Å². The van der Waals surface area contributed by atoms with E-state index in [1.165, 1.54) is 0 Å². The highest BCUT2D eigenvalue weighted by molar-refractivity contribution is 6.20. The van der Waals surface area contributed by atoms with Crippen LogP contribution in [-0.4, -0.2) is 24.5 Å². The normalized spacial score (nSPS) is 13.2. The van der Waals surface area contributed by atoms with Crippen molar-refractivity contribution in [3.8, 4) is 0 Å². The van der Waals surface area contributed by atoms with Crippen LogP contribution in [0, 0.1) is 13.8 Å². The first kappa shape index (κ1) is 13.2. The van der Waals surface area contributed by atoms with Gasteiger partial charge in [0.25, 0.3) is 0 Å². The highest BCUT2D eigenvalue weighted by Gasteiger charge is 2.20. The lowest BCUT2D eigenvalue weighted by Gasteiger charge is -2.09. The van der Waals surface area contributed by atoms with Crippen molar-refractivity contribution in [1.29, 1.82) is 0 Å². The van der Waals surface area contributed by atoms with E-state index in [2.05, 4.69) is 15.2 Å². The molecule has 0 spiro atoms. The monoisotopic (exact) mass is 293 g/mol. The molecule has 0 aromatic carbocycles. The average Bonchev–Trinajstić information content (AvgIpc) is 3.00. The van der Waals surface area contributed by atoms with E-state index in [4.69, 9.17) is 16.1 Å². The number of imidazole rings is 1. The molecule has 7 heteroatoms. The van der Waals surface area contributed by atoms with Crippen LogP contribution in [0.1, 0.15) is 35.3 Å². The minimum Gasteiger partial charge on any atom is -0.361 e. The molecule has 0 amide bonds. The summed E-state index contributed by atoms with van der Waals surface area (Å²) in [4.78, 5) is 4.62. The zero-order chi connectivity index (χ0) is 14.4. The molecule has 3 rings (SSSR count). The van der Waals surface area contributed by atoms with Gasteiger partial charge in [-0.25, -0.2) is 4.98 Å². The Balaban J connectivity index is 2.18. The van der Waals surface area contributed by atoms with Crippen molar-refractivity contribution >= 4 is 22.8 Å². The molecule has 0 aliphatic carbocycles. The van der Waals surface area contributed by atoms with Gasteiger partial charge in [-0.2, -0.15) is 5.10 Å². The number of rotatable bonds is 3. The van der Waals surface area contributed by atoms with Crippen LogP contribution < -0.4 is 0 Å². The van der Waals surface area contributed by atoms with Crippen LogP contribution in [0.4, 0.5) is 0 Å². The number of hydrogen-bond acceptors (Lipinski definition) is 4. The van der Waals surface area contributed by atoms with E-state index in [1.807, 2.05) is 43.1 Å². The summed E-state index contributed by atoms with van der Waals surface area (Å²) in [6.07, 6.45) is 0. The summed E-state index contributed by atoms with van der Waals surface area (Å²) in [5.41, 5.74) is 3.58. The first-order valence-corrected chi connectivity index (χ1v) is 6.87. The zero-order valence-electron chi connectivity index (χ0n) is 11.9. The second kappa shape index (κ2) is 4.63. The van der Waals surface area contributed by atoms with E-state index in [-0.39, 0.29) is 5.38 Å². The topological polar surface area (TPSA) is 61.7 Å². The molecule has 0 radical (unpaired) electrons. The van der Waals surface area contributed by atoms with Crippen molar-refractivity contribution in [2.75, 3.05) is 0 Å². The Bertz CT molecular complexity index is 767. The van der Waals surface area contributed by atoms with Crippen LogP contribution in [0.5, 0.6) is 0 Å². The maximum absolute atomic E-state index is 6.26. The van der Waals surface area contributed by atoms with E-state index in [0.717, 1.165) is 34.1 Å². The van der Waals surface area contributed by atoms with Gasteiger partial charge >= 0.3 is 0 Å². The van der Waals surface area contributed by atoms with E-state index < -0.39 is 0 Å². The van der Waals surface area contributed by atoms with Gasteiger partial charge in [0.15, 0.2) is 5.65 Å². The van der Waals surface area contributed by atoms with Crippen molar-refractivity contribution in [1.82, 2.24) is 24.5 Å². The summed E-state index contributed by atoms with van der Waals surface area (Å²) >= 11 is 6.26. The molecule has 0 aliphatic heterocycles. The first-order chi connectivity index (χ1) is 9.47. The molecule has 3 aromatic rings. The molecule has 1 atom stereocenters. The lowest BCUT2D eigenvalue weighted by atomic mass is 10.3. The van der Waals surface area contributed by atoms with Crippen LogP contribution in [0.3, 0.4) is 0 Å². The standard InChI is InChI=1S/C13H16ClN5O/c1-7-5-10(17-20-7)6-19-12(8(2)14)15-11-9(3)16-18(4)13(11)19/h5,8H,6H2,1-4H3. The fourth-order valence-corrected chi connectivity index (χ4v) is 2.63. The van der Waals surface area contributed by atoms with Crippen molar-refractivity contribution in [2.24, 2.45) is 7.05 Å². The molecule has 3 aromatic heterocycles. The summed E-state index contributed by atoms with van der Waals surface area (Å²) in [5, 5.41) is 8.26. The van der Waals surface area contributed by atoms with Crippen molar-refractivity contribution < 1.29 is 4.52 Å². The van der Waals surface area contributed by atoms with Crippen LogP contribution in [0.25, 0.3) is 11.2 Å². The second-order valence-corrected chi connectivity index (χ2v) is 5.64. The van der Waals surface area contributed by atoms with E-state index >= 15 is 0 Å². The largest absolute Gasteiger partial charge is 0.361 e. The molecule has 0 N–H and O–H groups in total. The van der Waals surface area contributed by atoms with Gasteiger partial charge in [0.1, 0.15) is 22.8 Å². The van der Waals surface area contributed by atoms with Gasteiger partial charge in [-0.3, -0.25) is 4.68 Å². The summed E-state index contributed by atoms with van der Waals surface area (Å²) in [7, 11) is 1.91. The highest BCUT2D eigenvalue weighted by atomic mass is 35.5. The maximum Gasteiger partial charge on any atom is 0.159 e. The number of aromatic nitrogens is 5. The molecule has 20 heavy (non-hydrogen) atoms. The Morgan fingerprint density at radius 3 is 2.75 bits per heavy atom. The fourth-order valence-electron chi connectivity index (χ4n) is 2.47. The zero-order valence-corrected chi connectivity index (χ0v) is 12.6. The Morgan fingerprint density at radius 1 is 1.40 bits per heavy atom. The van der Waals surface area contributed by atoms with Gasteiger partial charge in [-0.1, -0.05) is 5.16 Å². The molecule has 6 nitrogen and oxygen atoms in total. The second-order valence-electron chi connectivity index (χ2n) is 4.98. The summed E-state index contributed by atoms with van der Waals surface area (Å²) in [6, 6.07) is 1.91. The van der Waals surface area contributed by atoms with E-state index in [1.54, 1.807) is 0 Å². The van der Waals surface area contributed by atoms with Gasteiger partial charge in [-0.05, 0) is 20.8 Å². The first-order valence-electron chi connectivity index (χ1n) is 6.43. The molecule has 0 aliphatic rings. The summed E-state index contributed by atoms with van der Waals surface area (Å²) < 4.78 is 8.99. The van der Waals surface area contributed by atoms with Gasteiger partial charge in [-0.15, -0.1) is 11.6 Å². The quantitative estimate of drug-likeness (QED) is 0.697. The van der Waals surface area contributed by atoms with E-state index in [0.29, 0.717) is 6.54 Å². The van der Waals surface area contributed by atoms with Crippen molar-refractivity contribution in [3.63, 3.8) is 0 Å². The number of halogens is 1. The third-order valence-corrected chi connectivity index (χ3v) is 3.47. The third kappa shape index (κ3) is 2.00. The Kier molecular flexibility index (Phi) is 3.05. The summed E-state index contributed by atoms with van der Waals surface area (Å²) in [5.74, 6) is 1.61. The third-order valence-electron chi connectivity index (χ3n) is 3.27. The molecule has 0 bridgehead atoms. The average molecular weight is 294 g/mol. The van der Waals surface area contributed by atoms with Crippen molar-refractivity contribution in [2.45, 2.75) is 32.7 Å².